The number of aliphatic hydroxyl groups is 1. The molecule has 0 aliphatic rings. The van der Waals surface area contributed by atoms with Crippen molar-refractivity contribution in [3.8, 4) is 0 Å². The number of nitrogens with zero attached hydrogens (tertiary/aromatic N) is 3. The van der Waals surface area contributed by atoms with Crippen molar-refractivity contribution in [1.29, 1.82) is 0 Å². The number of carbonyl (C=O) groups excluding carboxylic acids is 1. The smallest absolute Gasteiger partial charge is 0.339 e. The summed E-state index contributed by atoms with van der Waals surface area (Å²) in [6.45, 7) is 6.37. The number of esters is 1. The second-order valence-corrected chi connectivity index (χ2v) is 5.53. The van der Waals surface area contributed by atoms with Gasteiger partial charge in [0.2, 0.25) is 0 Å². The molecule has 0 saturated carbocycles. The van der Waals surface area contributed by atoms with Gasteiger partial charge in [-0.1, -0.05) is 0 Å². The highest BCUT2D eigenvalue weighted by atomic mass is 127. The molecule has 0 radical (unpaired) electrons. The van der Waals surface area contributed by atoms with E-state index >= 15 is 0 Å². The van der Waals surface area contributed by atoms with Gasteiger partial charge in [0, 0.05) is 21.4 Å². The number of aliphatic hydroxyl groups excluding tert-OH is 1. The topological polar surface area (TPSA) is 77.2 Å². The average Bonchev–Trinajstić information content (AvgIpc) is 2.73. The molecule has 0 amide bonds. The molecule has 0 spiro atoms. The van der Waals surface area contributed by atoms with Crippen molar-refractivity contribution in [3.63, 3.8) is 0 Å². The molecule has 2 rings (SSSR count). The molecule has 1 unspecified atom stereocenters. The molecule has 6 nitrogen and oxygen atoms in total. The van der Waals surface area contributed by atoms with Gasteiger partial charge in [-0.05, 0) is 43.4 Å². The van der Waals surface area contributed by atoms with Crippen LogP contribution in [0.25, 0.3) is 11.0 Å². The number of halogens is 1. The van der Waals surface area contributed by atoms with E-state index in [0.29, 0.717) is 17.8 Å². The van der Waals surface area contributed by atoms with Gasteiger partial charge in [-0.3, -0.25) is 0 Å². The molecule has 1 atom stereocenters. The second-order valence-electron chi connectivity index (χ2n) is 4.45. The van der Waals surface area contributed by atoms with E-state index in [1.807, 2.05) is 18.5 Å². The number of fused-ring (bicyclic) bond motifs is 1. The van der Waals surface area contributed by atoms with Crippen LogP contribution < -0.4 is 0 Å². The normalized spacial score (nSPS) is 12.7. The third-order valence-electron chi connectivity index (χ3n) is 3.22. The maximum Gasteiger partial charge on any atom is 0.339 e. The van der Waals surface area contributed by atoms with E-state index in [0.717, 1.165) is 20.3 Å². The van der Waals surface area contributed by atoms with E-state index in [2.05, 4.69) is 37.4 Å². The van der Waals surface area contributed by atoms with Crippen molar-refractivity contribution in [2.45, 2.75) is 33.4 Å². The van der Waals surface area contributed by atoms with Gasteiger partial charge < -0.3 is 9.84 Å². The number of hydrogen-bond acceptors (Lipinski definition) is 5. The number of rotatable bonds is 3. The maximum atomic E-state index is 11.6. The standard InChI is InChI=1S/C13H16IN3O3/c1-5-17-12-9(7(3)16-17)10(14)8(6(2)15-12)11(18)13(19)20-4/h11,18H,5H2,1-4H3. The number of methoxy groups -OCH3 is 1. The lowest BCUT2D eigenvalue weighted by atomic mass is 10.1. The molecule has 0 fully saturated rings. The first kappa shape index (κ1) is 15.2. The Kier molecular flexibility index (Phi) is 4.28. The highest BCUT2D eigenvalue weighted by Crippen LogP contribution is 2.31. The Labute approximate surface area is 130 Å². The first-order valence-corrected chi connectivity index (χ1v) is 7.29. The minimum atomic E-state index is -1.33. The van der Waals surface area contributed by atoms with Gasteiger partial charge in [0.05, 0.1) is 18.2 Å². The van der Waals surface area contributed by atoms with Crippen LogP contribution in [-0.2, 0) is 16.1 Å². The summed E-state index contributed by atoms with van der Waals surface area (Å²) in [5, 5.41) is 15.4. The number of aromatic nitrogens is 3. The van der Waals surface area contributed by atoms with Gasteiger partial charge >= 0.3 is 5.97 Å². The fourth-order valence-corrected chi connectivity index (χ4v) is 3.54. The highest BCUT2D eigenvalue weighted by molar-refractivity contribution is 14.1. The zero-order valence-corrected chi connectivity index (χ0v) is 13.9. The fraction of sp³-hybridized carbons (Fsp3) is 0.462. The molecule has 0 saturated heterocycles. The molecule has 0 bridgehead atoms. The van der Waals surface area contributed by atoms with E-state index in [1.165, 1.54) is 7.11 Å². The van der Waals surface area contributed by atoms with Crippen molar-refractivity contribution >= 4 is 39.6 Å². The number of ether oxygens (including phenoxy) is 1. The van der Waals surface area contributed by atoms with Crippen LogP contribution >= 0.6 is 22.6 Å². The summed E-state index contributed by atoms with van der Waals surface area (Å²) in [6, 6.07) is 0. The van der Waals surface area contributed by atoms with Crippen LogP contribution in [0.4, 0.5) is 0 Å². The zero-order chi connectivity index (χ0) is 15.0. The zero-order valence-electron chi connectivity index (χ0n) is 11.8. The Morgan fingerprint density at radius 1 is 1.45 bits per heavy atom. The van der Waals surface area contributed by atoms with E-state index in [1.54, 1.807) is 6.92 Å². The van der Waals surface area contributed by atoms with E-state index in [9.17, 15) is 9.90 Å². The van der Waals surface area contributed by atoms with Gasteiger partial charge in [0.1, 0.15) is 0 Å². The lowest BCUT2D eigenvalue weighted by molar-refractivity contribution is -0.150. The van der Waals surface area contributed by atoms with Crippen molar-refractivity contribution in [2.75, 3.05) is 7.11 Å². The number of aryl methyl sites for hydroxylation is 3. The molecular formula is C13H16IN3O3. The molecular weight excluding hydrogens is 373 g/mol. The van der Waals surface area contributed by atoms with Crippen molar-refractivity contribution in [3.05, 3.63) is 20.5 Å². The largest absolute Gasteiger partial charge is 0.467 e. The molecule has 2 aromatic rings. The molecule has 0 aliphatic carbocycles. The molecule has 0 aromatic carbocycles. The minimum Gasteiger partial charge on any atom is -0.467 e. The third kappa shape index (κ3) is 2.28. The van der Waals surface area contributed by atoms with Crippen molar-refractivity contribution in [2.24, 2.45) is 0 Å². The molecule has 2 heterocycles. The van der Waals surface area contributed by atoms with Gasteiger partial charge in [0.25, 0.3) is 0 Å². The quantitative estimate of drug-likeness (QED) is 0.641. The SMILES string of the molecule is CCn1nc(C)c2c(I)c(C(O)C(=O)OC)c(C)nc21. The molecule has 0 aliphatic heterocycles. The lowest BCUT2D eigenvalue weighted by Crippen LogP contribution is -2.17. The monoisotopic (exact) mass is 389 g/mol. The summed E-state index contributed by atoms with van der Waals surface area (Å²) in [4.78, 5) is 16.1. The lowest BCUT2D eigenvalue weighted by Gasteiger charge is -2.14. The van der Waals surface area contributed by atoms with Crippen LogP contribution in [0.2, 0.25) is 0 Å². The Hall–Kier alpha value is -1.22. The van der Waals surface area contributed by atoms with Crippen LogP contribution in [0.5, 0.6) is 0 Å². The van der Waals surface area contributed by atoms with Gasteiger partial charge in [-0.2, -0.15) is 5.10 Å². The second kappa shape index (κ2) is 5.65. The third-order valence-corrected chi connectivity index (χ3v) is 4.34. The first-order chi connectivity index (χ1) is 9.42. The predicted molar refractivity (Wildman–Crippen MR) is 82.4 cm³/mol. The molecule has 7 heteroatoms. The predicted octanol–water partition coefficient (Wildman–Crippen LogP) is 1.88. The molecule has 2 aromatic heterocycles. The molecule has 108 valence electrons. The Morgan fingerprint density at radius 2 is 2.10 bits per heavy atom. The summed E-state index contributed by atoms with van der Waals surface area (Å²) in [6.07, 6.45) is -1.33. The van der Waals surface area contributed by atoms with Crippen molar-refractivity contribution in [1.82, 2.24) is 14.8 Å². The van der Waals surface area contributed by atoms with Crippen LogP contribution in [0.3, 0.4) is 0 Å². The summed E-state index contributed by atoms with van der Waals surface area (Å²) >= 11 is 2.12. The summed E-state index contributed by atoms with van der Waals surface area (Å²) < 4.78 is 7.21. The summed E-state index contributed by atoms with van der Waals surface area (Å²) in [5.74, 6) is -0.687. The Bertz CT molecular complexity index is 681. The number of pyridine rings is 1. The Balaban J connectivity index is 2.75. The maximum absolute atomic E-state index is 11.6. The number of carbonyl (C=O) groups is 1. The first-order valence-electron chi connectivity index (χ1n) is 6.21. The summed E-state index contributed by atoms with van der Waals surface area (Å²) in [7, 11) is 1.25. The minimum absolute atomic E-state index is 0.490. The van der Waals surface area contributed by atoms with Crippen molar-refractivity contribution < 1.29 is 14.6 Å². The van der Waals surface area contributed by atoms with Crippen LogP contribution in [0.15, 0.2) is 0 Å². The van der Waals surface area contributed by atoms with E-state index in [4.69, 9.17) is 0 Å². The van der Waals surface area contributed by atoms with E-state index < -0.39 is 12.1 Å². The Morgan fingerprint density at radius 3 is 2.65 bits per heavy atom. The fourth-order valence-electron chi connectivity index (χ4n) is 2.22. The summed E-state index contributed by atoms with van der Waals surface area (Å²) in [5.41, 5.74) is 2.70. The van der Waals surface area contributed by atoms with Crippen LogP contribution in [-0.4, -0.2) is 33.0 Å². The molecule has 1 N–H and O–H groups in total. The van der Waals surface area contributed by atoms with E-state index in [-0.39, 0.29) is 0 Å². The number of hydrogen-bond donors (Lipinski definition) is 1. The van der Waals surface area contributed by atoms with Gasteiger partial charge in [0.15, 0.2) is 11.8 Å². The highest BCUT2D eigenvalue weighted by Gasteiger charge is 2.26. The molecule has 20 heavy (non-hydrogen) atoms. The van der Waals surface area contributed by atoms with Crippen LogP contribution in [0, 0.1) is 17.4 Å². The average molecular weight is 389 g/mol. The van der Waals surface area contributed by atoms with Gasteiger partial charge in [-0.25, -0.2) is 14.5 Å². The van der Waals surface area contributed by atoms with Gasteiger partial charge in [-0.15, -0.1) is 0 Å². The van der Waals surface area contributed by atoms with Crippen LogP contribution in [0.1, 0.15) is 30.0 Å².